The number of nitrogen functional groups attached to an aromatic ring is 1. The Kier molecular flexibility index (Phi) is 7.56. The van der Waals surface area contributed by atoms with Gasteiger partial charge in [-0.25, -0.2) is 9.97 Å². The highest BCUT2D eigenvalue weighted by Gasteiger charge is 2.20. The molecule has 1 amide bonds. The number of carbonyl (C=O) groups excluding carboxylic acids is 1. The Morgan fingerprint density at radius 1 is 1.03 bits per heavy atom. The number of ether oxygens (including phenoxy) is 2. The summed E-state index contributed by atoms with van der Waals surface area (Å²) in [5.74, 6) is 0.547. The molecule has 4 rings (SSSR count). The maximum atomic E-state index is 13.1. The first-order chi connectivity index (χ1) is 16.6. The Bertz CT molecular complexity index is 1220. The van der Waals surface area contributed by atoms with Gasteiger partial charge in [0.1, 0.15) is 24.5 Å². The van der Waals surface area contributed by atoms with E-state index in [9.17, 15) is 4.79 Å². The molecule has 4 aromatic rings. The number of H-pyrrole nitrogens is 1. The van der Waals surface area contributed by atoms with Crippen LogP contribution in [0.2, 0.25) is 5.02 Å². The van der Waals surface area contributed by atoms with Crippen LogP contribution in [-0.4, -0.2) is 44.1 Å². The number of hydrogen-bond acceptors (Lipinski definition) is 7. The first kappa shape index (κ1) is 23.1. The summed E-state index contributed by atoms with van der Waals surface area (Å²) in [7, 11) is 0. The van der Waals surface area contributed by atoms with Gasteiger partial charge in [-0.2, -0.15) is 5.10 Å². The molecule has 0 atom stereocenters. The fourth-order valence-electron chi connectivity index (χ4n) is 3.19. The molecule has 2 aromatic heterocycles. The van der Waals surface area contributed by atoms with Crippen molar-refractivity contribution in [2.24, 2.45) is 0 Å². The predicted molar refractivity (Wildman–Crippen MR) is 127 cm³/mol. The molecule has 0 saturated heterocycles. The molecule has 9 nitrogen and oxygen atoms in total. The minimum atomic E-state index is -0.241. The standard InChI is InChI=1S/C24H23ClN6O3/c25-19-3-1-4-20(13-19)33-12-11-31(23(32)21-14-29-30-22(21)26)15-17-5-7-18(8-6-17)16-34-24-27-9-2-10-28-24/h1-10,13-14H,11-12,15-16H2,(H3,26,29,30). The topological polar surface area (TPSA) is 119 Å². The van der Waals surface area contributed by atoms with E-state index in [1.54, 1.807) is 35.5 Å². The van der Waals surface area contributed by atoms with E-state index >= 15 is 0 Å². The van der Waals surface area contributed by atoms with Crippen molar-refractivity contribution in [1.82, 2.24) is 25.1 Å². The third-order valence-electron chi connectivity index (χ3n) is 4.92. The smallest absolute Gasteiger partial charge is 0.316 e. The van der Waals surface area contributed by atoms with E-state index < -0.39 is 0 Å². The number of nitrogens with two attached hydrogens (primary N) is 1. The molecule has 2 aromatic carbocycles. The van der Waals surface area contributed by atoms with Gasteiger partial charge in [0, 0.05) is 30.2 Å². The van der Waals surface area contributed by atoms with Crippen LogP contribution in [-0.2, 0) is 13.2 Å². The van der Waals surface area contributed by atoms with Crippen LogP contribution in [0.4, 0.5) is 5.82 Å². The lowest BCUT2D eigenvalue weighted by molar-refractivity contribution is 0.0717. The van der Waals surface area contributed by atoms with Crippen molar-refractivity contribution in [3.63, 3.8) is 0 Å². The fraction of sp³-hybridized carbons (Fsp3) is 0.167. The number of hydrogen-bond donors (Lipinski definition) is 2. The highest BCUT2D eigenvalue weighted by molar-refractivity contribution is 6.30. The number of nitrogens with zero attached hydrogens (tertiary/aromatic N) is 4. The van der Waals surface area contributed by atoms with Gasteiger partial charge in [0.25, 0.3) is 5.91 Å². The van der Waals surface area contributed by atoms with E-state index in [1.165, 1.54) is 6.20 Å². The molecule has 2 heterocycles. The molecule has 0 bridgehead atoms. The number of carbonyl (C=O) groups is 1. The quantitative estimate of drug-likeness (QED) is 0.356. The number of aromatic amines is 1. The summed E-state index contributed by atoms with van der Waals surface area (Å²) in [5, 5.41) is 7.07. The summed E-state index contributed by atoms with van der Waals surface area (Å²) in [4.78, 5) is 22.9. The molecule has 0 spiro atoms. The van der Waals surface area contributed by atoms with Gasteiger partial charge in [0.15, 0.2) is 5.82 Å². The lowest BCUT2D eigenvalue weighted by Crippen LogP contribution is -2.34. The Hall–Kier alpha value is -4.11. The zero-order chi connectivity index (χ0) is 23.8. The normalized spacial score (nSPS) is 10.6. The fourth-order valence-corrected chi connectivity index (χ4v) is 3.37. The third kappa shape index (κ3) is 6.23. The Morgan fingerprint density at radius 2 is 1.79 bits per heavy atom. The number of anilines is 1. The molecule has 174 valence electrons. The molecule has 0 unspecified atom stereocenters. The number of nitrogens with one attached hydrogen (secondary N) is 1. The maximum absolute atomic E-state index is 13.1. The van der Waals surface area contributed by atoms with E-state index in [0.717, 1.165) is 11.1 Å². The molecule has 0 aliphatic carbocycles. The lowest BCUT2D eigenvalue weighted by atomic mass is 10.1. The molecular weight excluding hydrogens is 456 g/mol. The van der Waals surface area contributed by atoms with Gasteiger partial charge in [-0.15, -0.1) is 0 Å². The van der Waals surface area contributed by atoms with Crippen molar-refractivity contribution in [3.8, 4) is 11.8 Å². The number of halogens is 1. The summed E-state index contributed by atoms with van der Waals surface area (Å²) >= 11 is 6.01. The molecule has 0 radical (unpaired) electrons. The summed E-state index contributed by atoms with van der Waals surface area (Å²) in [6, 6.07) is 16.9. The first-order valence-electron chi connectivity index (χ1n) is 10.5. The number of rotatable bonds is 10. The molecule has 0 fully saturated rings. The average Bonchev–Trinajstić information content (AvgIpc) is 3.29. The highest BCUT2D eigenvalue weighted by atomic mass is 35.5. The van der Waals surface area contributed by atoms with Gasteiger partial charge in [-0.3, -0.25) is 9.89 Å². The third-order valence-corrected chi connectivity index (χ3v) is 5.15. The molecular formula is C24H23ClN6O3. The molecule has 34 heavy (non-hydrogen) atoms. The Labute approximate surface area is 201 Å². The van der Waals surface area contributed by atoms with Gasteiger partial charge in [-0.05, 0) is 35.4 Å². The molecule has 10 heteroatoms. The molecule has 0 aliphatic heterocycles. The van der Waals surface area contributed by atoms with Gasteiger partial charge < -0.3 is 20.1 Å². The van der Waals surface area contributed by atoms with Gasteiger partial charge in [0.05, 0.1) is 6.54 Å². The second-order valence-corrected chi connectivity index (χ2v) is 7.79. The van der Waals surface area contributed by atoms with Crippen LogP contribution < -0.4 is 15.2 Å². The number of aromatic nitrogens is 4. The maximum Gasteiger partial charge on any atom is 0.316 e. The SMILES string of the molecule is Nc1n[nH]cc1C(=O)N(CCOc1cccc(Cl)c1)Cc1ccc(COc2ncccn2)cc1. The summed E-state index contributed by atoms with van der Waals surface area (Å²) in [6.45, 7) is 1.33. The van der Waals surface area contributed by atoms with Crippen LogP contribution in [0.15, 0.2) is 73.2 Å². The van der Waals surface area contributed by atoms with E-state index in [1.807, 2.05) is 36.4 Å². The van der Waals surface area contributed by atoms with Crippen LogP contribution >= 0.6 is 11.6 Å². The average molecular weight is 479 g/mol. The Balaban J connectivity index is 1.40. The number of benzene rings is 2. The zero-order valence-corrected chi connectivity index (χ0v) is 19.0. The second-order valence-electron chi connectivity index (χ2n) is 7.35. The number of amides is 1. The van der Waals surface area contributed by atoms with Crippen LogP contribution in [0.25, 0.3) is 0 Å². The van der Waals surface area contributed by atoms with Crippen LogP contribution in [0, 0.1) is 0 Å². The minimum absolute atomic E-state index is 0.154. The van der Waals surface area contributed by atoms with Gasteiger partial charge in [0.2, 0.25) is 0 Å². The summed E-state index contributed by atoms with van der Waals surface area (Å²) in [5.41, 5.74) is 8.06. The van der Waals surface area contributed by atoms with Crippen molar-refractivity contribution in [1.29, 1.82) is 0 Å². The van der Waals surface area contributed by atoms with Crippen LogP contribution in [0.3, 0.4) is 0 Å². The highest BCUT2D eigenvalue weighted by Crippen LogP contribution is 2.18. The van der Waals surface area contributed by atoms with Crippen molar-refractivity contribution in [2.75, 3.05) is 18.9 Å². The van der Waals surface area contributed by atoms with Crippen molar-refractivity contribution in [2.45, 2.75) is 13.2 Å². The van der Waals surface area contributed by atoms with E-state index in [4.69, 9.17) is 26.8 Å². The van der Waals surface area contributed by atoms with Crippen LogP contribution in [0.1, 0.15) is 21.5 Å². The van der Waals surface area contributed by atoms with Crippen molar-refractivity contribution in [3.05, 3.63) is 94.9 Å². The molecule has 0 saturated carbocycles. The summed E-state index contributed by atoms with van der Waals surface area (Å²) in [6.07, 6.45) is 4.74. The van der Waals surface area contributed by atoms with E-state index in [-0.39, 0.29) is 18.3 Å². The largest absolute Gasteiger partial charge is 0.492 e. The van der Waals surface area contributed by atoms with Crippen LogP contribution in [0.5, 0.6) is 11.8 Å². The first-order valence-corrected chi connectivity index (χ1v) is 10.9. The molecule has 3 N–H and O–H groups in total. The Morgan fingerprint density at radius 3 is 2.50 bits per heavy atom. The second kappa shape index (κ2) is 11.2. The van der Waals surface area contributed by atoms with E-state index in [2.05, 4.69) is 20.2 Å². The van der Waals surface area contributed by atoms with Crippen molar-refractivity contribution >= 4 is 23.3 Å². The van der Waals surface area contributed by atoms with Crippen molar-refractivity contribution < 1.29 is 14.3 Å². The van der Waals surface area contributed by atoms with Gasteiger partial charge >= 0.3 is 6.01 Å². The lowest BCUT2D eigenvalue weighted by Gasteiger charge is -2.23. The minimum Gasteiger partial charge on any atom is -0.492 e. The zero-order valence-electron chi connectivity index (χ0n) is 18.2. The summed E-state index contributed by atoms with van der Waals surface area (Å²) < 4.78 is 11.4. The van der Waals surface area contributed by atoms with Gasteiger partial charge in [-0.1, -0.05) is 41.9 Å². The monoisotopic (exact) mass is 478 g/mol. The predicted octanol–water partition coefficient (Wildman–Crippen LogP) is 3.74. The van der Waals surface area contributed by atoms with E-state index in [0.29, 0.717) is 42.0 Å². The molecule has 0 aliphatic rings.